The van der Waals surface area contributed by atoms with Crippen LogP contribution in [0.3, 0.4) is 0 Å². The summed E-state index contributed by atoms with van der Waals surface area (Å²) in [6.07, 6.45) is -0.600. The van der Waals surface area contributed by atoms with Crippen molar-refractivity contribution in [3.8, 4) is 0 Å². The van der Waals surface area contributed by atoms with Crippen molar-refractivity contribution in [1.29, 1.82) is 0 Å². The summed E-state index contributed by atoms with van der Waals surface area (Å²) in [6.45, 7) is 5.41. The zero-order chi connectivity index (χ0) is 31.0. The van der Waals surface area contributed by atoms with Crippen molar-refractivity contribution in [2.45, 2.75) is 32.7 Å². The van der Waals surface area contributed by atoms with E-state index in [9.17, 15) is 23.2 Å². The minimum atomic E-state index is -3.14. The van der Waals surface area contributed by atoms with Gasteiger partial charge in [-0.2, -0.15) is 0 Å². The molecule has 2 aliphatic heterocycles. The van der Waals surface area contributed by atoms with Gasteiger partial charge in [0.15, 0.2) is 5.82 Å². The maximum Gasteiger partial charge on any atom is 0.273 e. The third-order valence-electron chi connectivity index (χ3n) is 7.83. The number of alkyl halides is 2. The van der Waals surface area contributed by atoms with Crippen molar-refractivity contribution >= 4 is 40.1 Å². The second kappa shape index (κ2) is 12.3. The summed E-state index contributed by atoms with van der Waals surface area (Å²) < 4.78 is 59.5. The second-order valence-corrected chi connectivity index (χ2v) is 11.7. The van der Waals surface area contributed by atoms with Crippen molar-refractivity contribution in [3.05, 3.63) is 79.2 Å². The summed E-state index contributed by atoms with van der Waals surface area (Å²) in [4.78, 5) is 49.5. The highest BCUT2D eigenvalue weighted by Gasteiger charge is 2.31. The van der Waals surface area contributed by atoms with Gasteiger partial charge in [0, 0.05) is 68.0 Å². The average molecular weight is 619 g/mol. The van der Waals surface area contributed by atoms with E-state index in [1.165, 1.54) is 16.2 Å². The standard InChI is InChI=1S/C29H30F4N6O3S/c1-15-13-39(9-8-37(15)3)22-11-20(30)24(17-4-6-38(7-5-17)29(42)21-14-43-16(2)35-21)25(31)26(22)36-28(41)19-12-34-23(40)10-18(19)27(32)33/h4,10-12,14-15,27H,5-9,13H2,1-3H3,(H,34,40)(H,36,41)/t15-/m0/s1. The number of halogens is 4. The van der Waals surface area contributed by atoms with Gasteiger partial charge in [-0.15, -0.1) is 11.3 Å². The van der Waals surface area contributed by atoms with Gasteiger partial charge >= 0.3 is 0 Å². The number of thiazole rings is 1. The van der Waals surface area contributed by atoms with Crippen LogP contribution in [-0.2, 0) is 0 Å². The summed E-state index contributed by atoms with van der Waals surface area (Å²) in [7, 11) is 1.93. The van der Waals surface area contributed by atoms with Crippen molar-refractivity contribution in [2.24, 2.45) is 0 Å². The number of hydrogen-bond donors (Lipinski definition) is 2. The van der Waals surface area contributed by atoms with Gasteiger partial charge in [-0.05, 0) is 32.9 Å². The Hall–Kier alpha value is -4.04. The van der Waals surface area contributed by atoms with Crippen molar-refractivity contribution in [2.75, 3.05) is 50.0 Å². The summed E-state index contributed by atoms with van der Waals surface area (Å²) in [5.41, 5.74) is -2.22. The Kier molecular flexibility index (Phi) is 8.69. The highest BCUT2D eigenvalue weighted by atomic mass is 32.1. The molecule has 2 aliphatic rings. The van der Waals surface area contributed by atoms with Crippen LogP contribution in [-0.4, -0.2) is 77.4 Å². The number of hydrogen-bond acceptors (Lipinski definition) is 7. The number of anilines is 2. The lowest BCUT2D eigenvalue weighted by Gasteiger charge is -2.40. The van der Waals surface area contributed by atoms with Crippen molar-refractivity contribution in [3.63, 3.8) is 0 Å². The van der Waals surface area contributed by atoms with Crippen molar-refractivity contribution < 1.29 is 27.2 Å². The molecule has 0 bridgehead atoms. The minimum absolute atomic E-state index is 0.0267. The fourth-order valence-electron chi connectivity index (χ4n) is 5.29. The molecule has 0 unspecified atom stereocenters. The lowest BCUT2D eigenvalue weighted by atomic mass is 9.96. The third-order valence-corrected chi connectivity index (χ3v) is 8.60. The van der Waals surface area contributed by atoms with Crippen LogP contribution in [0.1, 0.15) is 56.8 Å². The number of piperazine rings is 1. The van der Waals surface area contributed by atoms with Crippen LogP contribution in [0.25, 0.3) is 5.57 Å². The predicted octanol–water partition coefficient (Wildman–Crippen LogP) is 4.68. The Bertz CT molecular complexity index is 1660. The Morgan fingerprint density at radius 3 is 2.58 bits per heavy atom. The molecule has 2 aromatic heterocycles. The fourth-order valence-corrected chi connectivity index (χ4v) is 5.87. The lowest BCUT2D eigenvalue weighted by Crippen LogP contribution is -2.50. The fraction of sp³-hybridized carbons (Fsp3) is 0.379. The molecule has 9 nitrogen and oxygen atoms in total. The van der Waals surface area contributed by atoms with E-state index in [4.69, 9.17) is 0 Å². The van der Waals surface area contributed by atoms with E-state index in [1.54, 1.807) is 23.3 Å². The van der Waals surface area contributed by atoms with E-state index < -0.39 is 40.7 Å². The highest BCUT2D eigenvalue weighted by Crippen LogP contribution is 2.39. The Labute approximate surface area is 248 Å². The molecule has 14 heteroatoms. The molecule has 0 aliphatic carbocycles. The molecule has 43 heavy (non-hydrogen) atoms. The number of pyridine rings is 1. The third kappa shape index (κ3) is 6.20. The van der Waals surface area contributed by atoms with Gasteiger partial charge in [-0.1, -0.05) is 6.08 Å². The molecule has 1 saturated heterocycles. The number of rotatable bonds is 6. The van der Waals surface area contributed by atoms with E-state index >= 15 is 8.78 Å². The lowest BCUT2D eigenvalue weighted by molar-refractivity contribution is 0.0767. The monoisotopic (exact) mass is 618 g/mol. The molecule has 2 N–H and O–H groups in total. The molecule has 0 radical (unpaired) electrons. The summed E-state index contributed by atoms with van der Waals surface area (Å²) in [5.74, 6) is -3.28. The van der Waals surface area contributed by atoms with Crippen LogP contribution >= 0.6 is 11.3 Å². The molecule has 1 atom stereocenters. The second-order valence-electron chi connectivity index (χ2n) is 10.6. The first kappa shape index (κ1) is 30.4. The molecule has 0 saturated carbocycles. The zero-order valence-electron chi connectivity index (χ0n) is 23.7. The van der Waals surface area contributed by atoms with Gasteiger partial charge in [-0.25, -0.2) is 22.5 Å². The number of amides is 2. The van der Waals surface area contributed by atoms with Gasteiger partial charge < -0.3 is 25.0 Å². The maximum absolute atomic E-state index is 16.4. The Morgan fingerprint density at radius 2 is 1.95 bits per heavy atom. The number of benzene rings is 1. The topological polar surface area (TPSA) is 102 Å². The predicted molar refractivity (Wildman–Crippen MR) is 156 cm³/mol. The van der Waals surface area contributed by atoms with Crippen LogP contribution in [0.4, 0.5) is 28.9 Å². The first-order valence-electron chi connectivity index (χ1n) is 13.6. The summed E-state index contributed by atoms with van der Waals surface area (Å²) in [5, 5.41) is 4.80. The normalized spacial score (nSPS) is 17.8. The molecule has 2 amide bonds. The molecular weight excluding hydrogens is 588 g/mol. The smallest absolute Gasteiger partial charge is 0.273 e. The van der Waals surface area contributed by atoms with Gasteiger partial charge in [0.1, 0.15) is 17.2 Å². The Balaban J connectivity index is 1.52. The van der Waals surface area contributed by atoms with E-state index in [0.717, 1.165) is 17.3 Å². The molecule has 3 aromatic rings. The summed E-state index contributed by atoms with van der Waals surface area (Å²) in [6, 6.07) is 1.78. The molecule has 5 rings (SSSR count). The van der Waals surface area contributed by atoms with Crippen LogP contribution < -0.4 is 15.8 Å². The largest absolute Gasteiger partial charge is 0.367 e. The van der Waals surface area contributed by atoms with Crippen LogP contribution in [0.2, 0.25) is 0 Å². The molecule has 4 heterocycles. The minimum Gasteiger partial charge on any atom is -0.367 e. The maximum atomic E-state index is 16.4. The number of carbonyl (C=O) groups is 2. The van der Waals surface area contributed by atoms with E-state index in [1.807, 2.05) is 14.0 Å². The average Bonchev–Trinajstić information content (AvgIpc) is 3.41. The SMILES string of the molecule is Cc1nc(C(=O)N2CC=C(c3c(F)cc(N4CCN(C)[C@@H](C)C4)c(NC(=O)c4c[nH]c(=O)cc4C(F)F)c3F)CC2)cs1. The summed E-state index contributed by atoms with van der Waals surface area (Å²) >= 11 is 1.35. The first-order chi connectivity index (χ1) is 20.4. The van der Waals surface area contributed by atoms with Gasteiger partial charge in [0.2, 0.25) is 5.56 Å². The number of nitrogens with zero attached hydrogens (tertiary/aromatic N) is 4. The number of aromatic amines is 1. The Morgan fingerprint density at radius 1 is 1.19 bits per heavy atom. The highest BCUT2D eigenvalue weighted by molar-refractivity contribution is 7.09. The van der Waals surface area contributed by atoms with Gasteiger partial charge in [-0.3, -0.25) is 14.4 Å². The van der Waals surface area contributed by atoms with Crippen molar-refractivity contribution in [1.82, 2.24) is 19.8 Å². The van der Waals surface area contributed by atoms with Gasteiger partial charge in [0.05, 0.1) is 21.8 Å². The number of H-pyrrole nitrogens is 1. The van der Waals surface area contributed by atoms with E-state index in [-0.39, 0.29) is 48.4 Å². The van der Waals surface area contributed by atoms with Gasteiger partial charge in [0.25, 0.3) is 18.2 Å². The van der Waals surface area contributed by atoms with Crippen LogP contribution in [0.5, 0.6) is 0 Å². The number of likely N-dealkylation sites (N-methyl/N-ethyl adjacent to an activating group) is 1. The quantitative estimate of drug-likeness (QED) is 0.390. The number of carbonyl (C=O) groups excluding carboxylic acids is 2. The van der Waals surface area contributed by atoms with E-state index in [0.29, 0.717) is 37.0 Å². The molecule has 228 valence electrons. The zero-order valence-corrected chi connectivity index (χ0v) is 24.5. The van der Waals surface area contributed by atoms with Crippen LogP contribution in [0, 0.1) is 18.6 Å². The number of nitrogens with one attached hydrogen (secondary N) is 2. The van der Waals surface area contributed by atoms with E-state index in [2.05, 4.69) is 20.2 Å². The molecule has 1 aromatic carbocycles. The number of aryl methyl sites for hydroxylation is 1. The van der Waals surface area contributed by atoms with Crippen LogP contribution in [0.15, 0.2) is 34.6 Å². The molecule has 0 spiro atoms. The number of aromatic nitrogens is 2. The first-order valence-corrected chi connectivity index (χ1v) is 14.5. The molecule has 1 fully saturated rings. The molecular formula is C29H30F4N6O3S.